The SMILES string of the molecule is COC(=O)C1(C)CCC[C@]2(C)[C@@H]1CC[C@@]13C[C@@H](CC[C@H]12)[C@H](CNCCCNC1=CC(=O)c2cc4c(cc2C1=O)CCCC4(C)C)C3. The Morgan fingerprint density at radius 3 is 2.54 bits per heavy atom. The van der Waals surface area contributed by atoms with Gasteiger partial charge in [0.25, 0.3) is 0 Å². The Morgan fingerprint density at radius 1 is 0.913 bits per heavy atom. The van der Waals surface area contributed by atoms with E-state index in [-0.39, 0.29) is 33.8 Å². The Bertz CT molecular complexity index is 1460. The maximum absolute atomic E-state index is 13.4. The fourth-order valence-corrected chi connectivity index (χ4v) is 12.3. The van der Waals surface area contributed by atoms with Crippen molar-refractivity contribution in [2.24, 2.45) is 39.9 Å². The summed E-state index contributed by atoms with van der Waals surface area (Å²) in [7, 11) is 1.57. The van der Waals surface area contributed by atoms with Crippen molar-refractivity contribution in [3.8, 4) is 0 Å². The summed E-state index contributed by atoms with van der Waals surface area (Å²) in [6.45, 7) is 11.9. The smallest absolute Gasteiger partial charge is 0.311 e. The average Bonchev–Trinajstić information content (AvgIpc) is 3.28. The van der Waals surface area contributed by atoms with Gasteiger partial charge in [-0.25, -0.2) is 0 Å². The third-order valence-corrected chi connectivity index (χ3v) is 14.4. The first-order valence-electron chi connectivity index (χ1n) is 18.4. The van der Waals surface area contributed by atoms with Crippen LogP contribution < -0.4 is 10.6 Å². The third kappa shape index (κ3) is 5.02. The Morgan fingerprint density at radius 2 is 1.74 bits per heavy atom. The lowest BCUT2D eigenvalue weighted by atomic mass is 9.41. The molecule has 0 saturated heterocycles. The van der Waals surface area contributed by atoms with Crippen LogP contribution in [-0.2, 0) is 21.4 Å². The van der Waals surface area contributed by atoms with E-state index in [1.54, 1.807) is 7.11 Å². The van der Waals surface area contributed by atoms with Crippen molar-refractivity contribution in [2.75, 3.05) is 26.7 Å². The second-order valence-electron chi connectivity index (χ2n) is 17.3. The zero-order chi connectivity index (χ0) is 32.5. The van der Waals surface area contributed by atoms with Crippen LogP contribution in [0.15, 0.2) is 23.9 Å². The van der Waals surface area contributed by atoms with E-state index in [1.807, 2.05) is 12.1 Å². The van der Waals surface area contributed by atoms with Gasteiger partial charge in [-0.3, -0.25) is 14.4 Å². The summed E-state index contributed by atoms with van der Waals surface area (Å²) in [5.74, 6) is 2.60. The molecule has 1 spiro atoms. The first kappa shape index (κ1) is 32.1. The van der Waals surface area contributed by atoms with E-state index < -0.39 is 0 Å². The lowest BCUT2D eigenvalue weighted by Crippen LogP contribution is -2.58. The van der Waals surface area contributed by atoms with Crippen molar-refractivity contribution >= 4 is 17.5 Å². The van der Waals surface area contributed by atoms with E-state index in [2.05, 4.69) is 38.3 Å². The van der Waals surface area contributed by atoms with Gasteiger partial charge in [-0.1, -0.05) is 27.2 Å². The predicted octanol–water partition coefficient (Wildman–Crippen LogP) is 7.33. The molecular weight excluding hydrogens is 572 g/mol. The van der Waals surface area contributed by atoms with Gasteiger partial charge < -0.3 is 15.4 Å². The van der Waals surface area contributed by atoms with Gasteiger partial charge in [-0.2, -0.15) is 0 Å². The molecule has 6 heteroatoms. The predicted molar refractivity (Wildman–Crippen MR) is 181 cm³/mol. The second kappa shape index (κ2) is 11.6. The van der Waals surface area contributed by atoms with Gasteiger partial charge in [0, 0.05) is 23.7 Å². The number of fused-ring (bicyclic) bond motifs is 5. The van der Waals surface area contributed by atoms with Crippen LogP contribution in [0.25, 0.3) is 0 Å². The highest BCUT2D eigenvalue weighted by molar-refractivity contribution is 6.24. The van der Waals surface area contributed by atoms with Crippen molar-refractivity contribution in [3.05, 3.63) is 46.2 Å². The maximum Gasteiger partial charge on any atom is 0.311 e. The van der Waals surface area contributed by atoms with Crippen LogP contribution >= 0.6 is 0 Å². The van der Waals surface area contributed by atoms with Gasteiger partial charge in [0.2, 0.25) is 5.78 Å². The number of esters is 1. The molecule has 0 heterocycles. The molecule has 6 aliphatic rings. The quantitative estimate of drug-likeness (QED) is 0.232. The number of aryl methyl sites for hydroxylation is 1. The van der Waals surface area contributed by atoms with Crippen molar-refractivity contribution in [2.45, 2.75) is 117 Å². The summed E-state index contributed by atoms with van der Waals surface area (Å²) >= 11 is 0. The van der Waals surface area contributed by atoms with Gasteiger partial charge in [0.05, 0.1) is 18.2 Å². The molecule has 1 unspecified atom stereocenters. The standard InChI is InChI=1S/C40H56N2O4/c1-37(2)13-6-9-25-19-29-28(20-30(25)37)32(43)21-31(35(29)44)42-18-8-17-41-24-27-23-40-16-12-33-38(3,34(40)11-10-26(27)22-40)14-7-15-39(33,4)36(45)46-5/h19-21,26-27,33-34,41-42H,6-18,22-24H2,1-5H3/t26-,27+,33+,34+,38-,39?,40+/m1/s1. The normalized spacial score (nSPS) is 37.4. The number of ketones is 2. The summed E-state index contributed by atoms with van der Waals surface area (Å²) in [6, 6.07) is 4.00. The Balaban J connectivity index is 0.916. The van der Waals surface area contributed by atoms with Crippen LogP contribution in [0.1, 0.15) is 137 Å². The van der Waals surface area contributed by atoms with Gasteiger partial charge in [0.15, 0.2) is 5.78 Å². The average molecular weight is 629 g/mol. The molecule has 7 rings (SSSR count). The summed E-state index contributed by atoms with van der Waals surface area (Å²) in [5.41, 5.74) is 4.43. The Hall–Kier alpha value is -2.47. The number of rotatable bonds is 8. The zero-order valence-electron chi connectivity index (χ0n) is 29.0. The molecule has 46 heavy (non-hydrogen) atoms. The second-order valence-corrected chi connectivity index (χ2v) is 17.3. The molecule has 4 fully saturated rings. The number of hydrogen-bond donors (Lipinski definition) is 2. The molecule has 0 aromatic heterocycles. The molecule has 1 aromatic rings. The lowest BCUT2D eigenvalue weighted by Gasteiger charge is -2.63. The molecule has 4 saturated carbocycles. The molecule has 0 aliphatic heterocycles. The van der Waals surface area contributed by atoms with Gasteiger partial charge in [-0.05, 0) is 160 Å². The highest BCUT2D eigenvalue weighted by Gasteiger charge is 2.65. The summed E-state index contributed by atoms with van der Waals surface area (Å²) in [4.78, 5) is 39.5. The third-order valence-electron chi connectivity index (χ3n) is 14.4. The minimum absolute atomic E-state index is 0.0132. The number of carbonyl (C=O) groups excluding carboxylic acids is 3. The molecule has 2 bridgehead atoms. The summed E-state index contributed by atoms with van der Waals surface area (Å²) < 4.78 is 5.37. The zero-order valence-corrected chi connectivity index (χ0v) is 29.0. The largest absolute Gasteiger partial charge is 0.469 e. The van der Waals surface area contributed by atoms with Crippen LogP contribution in [0, 0.1) is 39.9 Å². The molecule has 1 aromatic carbocycles. The Labute approximate surface area is 276 Å². The highest BCUT2D eigenvalue weighted by Crippen LogP contribution is 2.72. The van der Waals surface area contributed by atoms with Crippen molar-refractivity contribution < 1.29 is 19.1 Å². The van der Waals surface area contributed by atoms with E-state index in [0.29, 0.717) is 34.7 Å². The molecule has 6 aliphatic carbocycles. The van der Waals surface area contributed by atoms with E-state index in [4.69, 9.17) is 4.74 Å². The minimum atomic E-state index is -0.334. The van der Waals surface area contributed by atoms with E-state index >= 15 is 0 Å². The molecule has 7 atom stereocenters. The molecule has 6 nitrogen and oxygen atoms in total. The number of carbonyl (C=O) groups is 3. The van der Waals surface area contributed by atoms with E-state index in [0.717, 1.165) is 69.4 Å². The van der Waals surface area contributed by atoms with E-state index in [1.165, 1.54) is 62.1 Å². The number of methoxy groups -OCH3 is 1. The van der Waals surface area contributed by atoms with Crippen molar-refractivity contribution in [1.29, 1.82) is 0 Å². The molecule has 0 amide bonds. The number of benzene rings is 1. The van der Waals surface area contributed by atoms with Gasteiger partial charge in [0.1, 0.15) is 0 Å². The highest BCUT2D eigenvalue weighted by atomic mass is 16.5. The fourth-order valence-electron chi connectivity index (χ4n) is 12.3. The topological polar surface area (TPSA) is 84.5 Å². The number of allylic oxidation sites excluding steroid dienone is 2. The van der Waals surface area contributed by atoms with Crippen molar-refractivity contribution in [3.63, 3.8) is 0 Å². The first-order chi connectivity index (χ1) is 21.9. The minimum Gasteiger partial charge on any atom is -0.469 e. The fraction of sp³-hybridized carbons (Fsp3) is 0.725. The van der Waals surface area contributed by atoms with Gasteiger partial charge in [-0.15, -0.1) is 0 Å². The summed E-state index contributed by atoms with van der Waals surface area (Å²) in [6.07, 6.45) is 16.8. The monoisotopic (exact) mass is 628 g/mol. The van der Waals surface area contributed by atoms with Crippen LogP contribution in [0.3, 0.4) is 0 Å². The van der Waals surface area contributed by atoms with E-state index in [9.17, 15) is 14.4 Å². The number of ether oxygens (including phenoxy) is 1. The summed E-state index contributed by atoms with van der Waals surface area (Å²) in [5, 5.41) is 7.08. The molecular formula is C40H56N2O4. The van der Waals surface area contributed by atoms with Crippen LogP contribution in [0.4, 0.5) is 0 Å². The lowest BCUT2D eigenvalue weighted by molar-refractivity contribution is -0.183. The molecule has 250 valence electrons. The van der Waals surface area contributed by atoms with Gasteiger partial charge >= 0.3 is 5.97 Å². The molecule has 2 N–H and O–H groups in total. The number of Topliss-reactive ketones (excluding diaryl/α,β-unsaturated/α-hetero) is 1. The van der Waals surface area contributed by atoms with Crippen LogP contribution in [0.5, 0.6) is 0 Å². The number of hydrogen-bond acceptors (Lipinski definition) is 6. The van der Waals surface area contributed by atoms with Crippen LogP contribution in [0.2, 0.25) is 0 Å². The van der Waals surface area contributed by atoms with Crippen LogP contribution in [-0.4, -0.2) is 44.3 Å². The molecule has 0 radical (unpaired) electrons. The maximum atomic E-state index is 13.4. The Kier molecular flexibility index (Phi) is 8.09. The first-order valence-corrected chi connectivity index (χ1v) is 18.4. The number of nitrogens with one attached hydrogen (secondary N) is 2. The van der Waals surface area contributed by atoms with Crippen molar-refractivity contribution in [1.82, 2.24) is 10.6 Å².